The van der Waals surface area contributed by atoms with Gasteiger partial charge in [0.05, 0.1) is 5.75 Å². The van der Waals surface area contributed by atoms with Gasteiger partial charge >= 0.3 is 5.97 Å². The summed E-state index contributed by atoms with van der Waals surface area (Å²) in [7, 11) is -3.71. The number of hydrogen-bond acceptors (Lipinski definition) is 4. The minimum atomic E-state index is -3.71. The van der Waals surface area contributed by atoms with E-state index < -0.39 is 20.6 Å². The van der Waals surface area contributed by atoms with Gasteiger partial charge in [0.1, 0.15) is 0 Å². The highest BCUT2D eigenvalue weighted by atomic mass is 32.2. The molecule has 0 saturated carbocycles. The van der Waals surface area contributed by atoms with Crippen molar-refractivity contribution in [2.75, 3.05) is 12.4 Å². The van der Waals surface area contributed by atoms with Crippen molar-refractivity contribution < 1.29 is 23.4 Å². The number of aliphatic hydroxyl groups is 1. The number of sulfone groups is 1. The SMILES string of the molecule is CCC(CC)(C(=O)O)S(=O)(=O)CCCO. The zero-order valence-corrected chi connectivity index (χ0v) is 9.88. The third-order valence-electron chi connectivity index (χ3n) is 2.70. The Labute approximate surface area is 90.0 Å². The van der Waals surface area contributed by atoms with Gasteiger partial charge in [-0.15, -0.1) is 0 Å². The molecule has 5 nitrogen and oxygen atoms in total. The Balaban J connectivity index is 5.16. The zero-order valence-electron chi connectivity index (χ0n) is 9.06. The predicted octanol–water partition coefficient (Wildman–Crippen LogP) is 0.427. The fraction of sp³-hybridized carbons (Fsp3) is 0.889. The molecule has 6 heteroatoms. The number of aliphatic carboxylic acids is 1. The Morgan fingerprint density at radius 1 is 1.27 bits per heavy atom. The van der Waals surface area contributed by atoms with E-state index in [-0.39, 0.29) is 31.6 Å². The Morgan fingerprint density at radius 2 is 1.73 bits per heavy atom. The number of hydrogen-bond donors (Lipinski definition) is 2. The van der Waals surface area contributed by atoms with Gasteiger partial charge in [0.25, 0.3) is 0 Å². The molecule has 0 bridgehead atoms. The van der Waals surface area contributed by atoms with Crippen molar-refractivity contribution in [1.82, 2.24) is 0 Å². The maximum Gasteiger partial charge on any atom is 0.325 e. The summed E-state index contributed by atoms with van der Waals surface area (Å²) in [6.45, 7) is 2.85. The average Bonchev–Trinajstić information content (AvgIpc) is 2.16. The number of aliphatic hydroxyl groups excluding tert-OH is 1. The van der Waals surface area contributed by atoms with Crippen molar-refractivity contribution in [1.29, 1.82) is 0 Å². The molecule has 90 valence electrons. The first-order valence-corrected chi connectivity index (χ1v) is 6.59. The summed E-state index contributed by atoms with van der Waals surface area (Å²) in [5, 5.41) is 17.6. The Hall–Kier alpha value is -0.620. The van der Waals surface area contributed by atoms with Crippen LogP contribution in [0.1, 0.15) is 33.1 Å². The van der Waals surface area contributed by atoms with Gasteiger partial charge in [0.2, 0.25) is 0 Å². The van der Waals surface area contributed by atoms with E-state index in [1.165, 1.54) is 0 Å². The first kappa shape index (κ1) is 14.4. The van der Waals surface area contributed by atoms with Gasteiger partial charge in [-0.05, 0) is 19.3 Å². The number of carbonyl (C=O) groups is 1. The topological polar surface area (TPSA) is 91.7 Å². The predicted molar refractivity (Wildman–Crippen MR) is 56.4 cm³/mol. The van der Waals surface area contributed by atoms with Crippen molar-refractivity contribution in [3.63, 3.8) is 0 Å². The molecule has 2 N–H and O–H groups in total. The van der Waals surface area contributed by atoms with E-state index in [9.17, 15) is 13.2 Å². The quantitative estimate of drug-likeness (QED) is 0.671. The first-order chi connectivity index (χ1) is 6.88. The lowest BCUT2D eigenvalue weighted by atomic mass is 10.0. The van der Waals surface area contributed by atoms with Crippen LogP contribution in [0.4, 0.5) is 0 Å². The summed E-state index contributed by atoms with van der Waals surface area (Å²) in [6.07, 6.45) is 0.177. The van der Waals surface area contributed by atoms with E-state index in [0.29, 0.717) is 0 Å². The molecule has 0 unspecified atom stereocenters. The standard InChI is InChI=1S/C9H18O5S/c1-3-9(4-2,8(11)12)15(13,14)7-5-6-10/h10H,3-7H2,1-2H3,(H,11,12). The van der Waals surface area contributed by atoms with Gasteiger partial charge in [0, 0.05) is 6.61 Å². The molecule has 0 aliphatic rings. The summed E-state index contributed by atoms with van der Waals surface area (Å²) in [6, 6.07) is 0. The minimum Gasteiger partial charge on any atom is -0.480 e. The highest BCUT2D eigenvalue weighted by Crippen LogP contribution is 2.27. The van der Waals surface area contributed by atoms with Crippen LogP contribution in [0, 0.1) is 0 Å². The van der Waals surface area contributed by atoms with Crippen LogP contribution in [0.15, 0.2) is 0 Å². The van der Waals surface area contributed by atoms with E-state index >= 15 is 0 Å². The molecular formula is C9H18O5S. The Kier molecular flexibility index (Phi) is 5.23. The molecular weight excluding hydrogens is 220 g/mol. The van der Waals surface area contributed by atoms with Crippen molar-refractivity contribution >= 4 is 15.8 Å². The smallest absolute Gasteiger partial charge is 0.325 e. The molecule has 0 aliphatic carbocycles. The molecule has 0 aromatic carbocycles. The maximum atomic E-state index is 11.8. The summed E-state index contributed by atoms with van der Waals surface area (Å²) in [5.74, 6) is -1.58. The number of carboxylic acids is 1. The molecule has 0 rings (SSSR count). The second kappa shape index (κ2) is 5.46. The fourth-order valence-corrected chi connectivity index (χ4v) is 3.62. The molecule has 0 aromatic heterocycles. The van der Waals surface area contributed by atoms with Gasteiger partial charge in [-0.3, -0.25) is 4.79 Å². The zero-order chi connectivity index (χ0) is 12.1. The van der Waals surface area contributed by atoms with Crippen LogP contribution in [0.2, 0.25) is 0 Å². The molecule has 0 spiro atoms. The lowest BCUT2D eigenvalue weighted by Gasteiger charge is -2.26. The number of rotatable bonds is 7. The normalized spacial score (nSPS) is 12.7. The van der Waals surface area contributed by atoms with Crippen LogP contribution >= 0.6 is 0 Å². The van der Waals surface area contributed by atoms with Crippen molar-refractivity contribution in [2.45, 2.75) is 37.9 Å². The minimum absolute atomic E-state index is 0.0482. The fourth-order valence-electron chi connectivity index (χ4n) is 1.58. The molecule has 0 aliphatic heterocycles. The molecule has 0 atom stereocenters. The van der Waals surface area contributed by atoms with E-state index in [2.05, 4.69) is 0 Å². The lowest BCUT2D eigenvalue weighted by Crippen LogP contribution is -2.46. The Morgan fingerprint density at radius 3 is 2.00 bits per heavy atom. The van der Waals surface area contributed by atoms with Crippen LogP contribution in [0.3, 0.4) is 0 Å². The second-order valence-corrected chi connectivity index (χ2v) is 5.82. The lowest BCUT2D eigenvalue weighted by molar-refractivity contribution is -0.140. The van der Waals surface area contributed by atoms with Gasteiger partial charge < -0.3 is 10.2 Å². The largest absolute Gasteiger partial charge is 0.480 e. The maximum absolute atomic E-state index is 11.8. The van der Waals surface area contributed by atoms with Crippen molar-refractivity contribution in [3.8, 4) is 0 Å². The molecule has 0 heterocycles. The molecule has 0 fully saturated rings. The summed E-state index contributed by atoms with van der Waals surface area (Å²) in [5.41, 5.74) is 0. The van der Waals surface area contributed by atoms with Crippen LogP contribution in [-0.4, -0.2) is 41.7 Å². The van der Waals surface area contributed by atoms with E-state index in [1.54, 1.807) is 13.8 Å². The number of carboxylic acid groups (broad SMARTS) is 1. The van der Waals surface area contributed by atoms with Gasteiger partial charge in [-0.1, -0.05) is 13.8 Å². The van der Waals surface area contributed by atoms with Crippen LogP contribution in [0.5, 0.6) is 0 Å². The van der Waals surface area contributed by atoms with Gasteiger partial charge in [0.15, 0.2) is 14.6 Å². The Bertz CT molecular complexity index is 302. The molecule has 0 saturated heterocycles. The monoisotopic (exact) mass is 238 g/mol. The van der Waals surface area contributed by atoms with Gasteiger partial charge in [-0.2, -0.15) is 0 Å². The highest BCUT2D eigenvalue weighted by Gasteiger charge is 2.47. The van der Waals surface area contributed by atoms with E-state index in [4.69, 9.17) is 10.2 Å². The van der Waals surface area contributed by atoms with E-state index in [1.807, 2.05) is 0 Å². The third-order valence-corrected chi connectivity index (χ3v) is 5.47. The summed E-state index contributed by atoms with van der Waals surface area (Å²) in [4.78, 5) is 11.1. The third kappa shape index (κ3) is 2.69. The van der Waals surface area contributed by atoms with Crippen molar-refractivity contribution in [3.05, 3.63) is 0 Å². The molecule has 0 aromatic rings. The summed E-state index contributed by atoms with van der Waals surface area (Å²) < 4.78 is 22.0. The first-order valence-electron chi connectivity index (χ1n) is 4.94. The van der Waals surface area contributed by atoms with Crippen molar-refractivity contribution in [2.24, 2.45) is 0 Å². The molecule has 0 amide bonds. The molecule has 15 heavy (non-hydrogen) atoms. The second-order valence-electron chi connectivity index (χ2n) is 3.40. The van der Waals surface area contributed by atoms with Gasteiger partial charge in [-0.25, -0.2) is 8.42 Å². The average molecular weight is 238 g/mol. The summed E-state index contributed by atoms with van der Waals surface area (Å²) >= 11 is 0. The van der Waals surface area contributed by atoms with Crippen LogP contribution in [0.25, 0.3) is 0 Å². The van der Waals surface area contributed by atoms with Crippen LogP contribution in [-0.2, 0) is 14.6 Å². The highest BCUT2D eigenvalue weighted by molar-refractivity contribution is 7.93. The van der Waals surface area contributed by atoms with E-state index in [0.717, 1.165) is 0 Å². The molecule has 0 radical (unpaired) electrons. The van der Waals surface area contributed by atoms with Crippen LogP contribution < -0.4 is 0 Å².